The third-order valence-corrected chi connectivity index (χ3v) is 3.60. The van der Waals surface area contributed by atoms with E-state index in [0.29, 0.717) is 12.2 Å². The highest BCUT2D eigenvalue weighted by Gasteiger charge is 2.20. The second-order valence-corrected chi connectivity index (χ2v) is 5.41. The number of nitrogens with zero attached hydrogens (tertiary/aromatic N) is 2. The zero-order chi connectivity index (χ0) is 15.4. The van der Waals surface area contributed by atoms with Gasteiger partial charge in [-0.1, -0.05) is 11.6 Å². The number of carbonyl (C=O) groups is 1. The van der Waals surface area contributed by atoms with Gasteiger partial charge in [0.2, 0.25) is 5.91 Å². The van der Waals surface area contributed by atoms with Gasteiger partial charge in [-0.2, -0.15) is 0 Å². The Morgan fingerprint density at radius 1 is 1.57 bits per heavy atom. The van der Waals surface area contributed by atoms with Crippen LogP contribution in [0.25, 0.3) is 0 Å². The fraction of sp³-hybridized carbons (Fsp3) is 0.462. The maximum atomic E-state index is 11.9. The second kappa shape index (κ2) is 6.84. The lowest BCUT2D eigenvalue weighted by molar-refractivity contribution is -0.384. The van der Waals surface area contributed by atoms with Gasteiger partial charge in [0, 0.05) is 18.7 Å². The van der Waals surface area contributed by atoms with Gasteiger partial charge in [0.1, 0.15) is 0 Å². The van der Waals surface area contributed by atoms with Crippen molar-refractivity contribution in [3.8, 4) is 0 Å². The van der Waals surface area contributed by atoms with E-state index in [1.165, 1.54) is 18.2 Å². The van der Waals surface area contributed by atoms with Crippen molar-refractivity contribution >= 4 is 28.9 Å². The number of hydrogen-bond acceptors (Lipinski definition) is 5. The quantitative estimate of drug-likeness (QED) is 0.651. The molecule has 1 heterocycles. The number of rotatable bonds is 4. The lowest BCUT2D eigenvalue weighted by Gasteiger charge is -2.29. The monoisotopic (exact) mass is 313 g/mol. The van der Waals surface area contributed by atoms with Crippen LogP contribution in [-0.2, 0) is 4.79 Å². The molecule has 1 saturated heterocycles. The van der Waals surface area contributed by atoms with E-state index >= 15 is 0 Å². The molecule has 1 aliphatic heterocycles. The summed E-state index contributed by atoms with van der Waals surface area (Å²) in [6, 6.07) is 3.89. The third kappa shape index (κ3) is 4.38. The molecule has 1 aliphatic rings. The van der Waals surface area contributed by atoms with Crippen LogP contribution in [0.5, 0.6) is 0 Å². The Labute approximate surface area is 126 Å². The van der Waals surface area contributed by atoms with Crippen molar-refractivity contribution in [3.05, 3.63) is 33.3 Å². The Morgan fingerprint density at radius 2 is 2.33 bits per heavy atom. The SMILES string of the molecule is O=C(CN1CCCC(O)C1)Nc1ccc([N+](=O)[O-])cc1Cl. The van der Waals surface area contributed by atoms with Crippen LogP contribution in [0.1, 0.15) is 12.8 Å². The van der Waals surface area contributed by atoms with Crippen molar-refractivity contribution in [2.75, 3.05) is 25.0 Å². The average molecular weight is 314 g/mol. The van der Waals surface area contributed by atoms with Gasteiger partial charge in [-0.05, 0) is 25.5 Å². The van der Waals surface area contributed by atoms with E-state index in [2.05, 4.69) is 5.32 Å². The summed E-state index contributed by atoms with van der Waals surface area (Å²) in [6.45, 7) is 1.39. The van der Waals surface area contributed by atoms with Gasteiger partial charge in [0.15, 0.2) is 0 Å². The predicted molar refractivity (Wildman–Crippen MR) is 78.4 cm³/mol. The maximum absolute atomic E-state index is 11.9. The molecule has 1 atom stereocenters. The first-order chi connectivity index (χ1) is 9.95. The van der Waals surface area contributed by atoms with Crippen LogP contribution in [0.15, 0.2) is 18.2 Å². The topological polar surface area (TPSA) is 95.7 Å². The molecule has 7 nitrogen and oxygen atoms in total. The fourth-order valence-corrected chi connectivity index (χ4v) is 2.51. The first-order valence-electron chi connectivity index (χ1n) is 6.60. The Morgan fingerprint density at radius 3 is 2.95 bits per heavy atom. The lowest BCUT2D eigenvalue weighted by Crippen LogP contribution is -2.42. The van der Waals surface area contributed by atoms with E-state index in [-0.39, 0.29) is 23.2 Å². The van der Waals surface area contributed by atoms with E-state index in [1.807, 2.05) is 4.90 Å². The van der Waals surface area contributed by atoms with Crippen LogP contribution >= 0.6 is 11.6 Å². The first-order valence-corrected chi connectivity index (χ1v) is 6.97. The van der Waals surface area contributed by atoms with Crippen LogP contribution in [0.4, 0.5) is 11.4 Å². The van der Waals surface area contributed by atoms with Crippen molar-refractivity contribution in [2.24, 2.45) is 0 Å². The number of hydrogen-bond donors (Lipinski definition) is 2. The molecule has 0 aromatic heterocycles. The van der Waals surface area contributed by atoms with Gasteiger partial charge in [0.05, 0.1) is 28.3 Å². The van der Waals surface area contributed by atoms with Gasteiger partial charge in [-0.15, -0.1) is 0 Å². The summed E-state index contributed by atoms with van der Waals surface area (Å²) >= 11 is 5.91. The zero-order valence-corrected chi connectivity index (χ0v) is 12.0. The van der Waals surface area contributed by atoms with E-state index < -0.39 is 11.0 Å². The summed E-state index contributed by atoms with van der Waals surface area (Å²) in [4.78, 5) is 23.9. The first kappa shape index (κ1) is 15.7. The number of carbonyl (C=O) groups excluding carboxylic acids is 1. The number of likely N-dealkylation sites (tertiary alicyclic amines) is 1. The van der Waals surface area contributed by atoms with Crippen molar-refractivity contribution in [2.45, 2.75) is 18.9 Å². The van der Waals surface area contributed by atoms with Crippen molar-refractivity contribution in [1.29, 1.82) is 0 Å². The number of halogens is 1. The highest BCUT2D eigenvalue weighted by molar-refractivity contribution is 6.34. The molecule has 1 aromatic carbocycles. The molecule has 2 rings (SSSR count). The largest absolute Gasteiger partial charge is 0.392 e. The highest BCUT2D eigenvalue weighted by Crippen LogP contribution is 2.26. The van der Waals surface area contributed by atoms with Gasteiger partial charge in [-0.3, -0.25) is 19.8 Å². The minimum Gasteiger partial charge on any atom is -0.392 e. The van der Waals surface area contributed by atoms with Crippen LogP contribution in [0.2, 0.25) is 5.02 Å². The molecule has 0 bridgehead atoms. The lowest BCUT2D eigenvalue weighted by atomic mass is 10.1. The minimum atomic E-state index is -0.549. The Bertz CT molecular complexity index is 552. The van der Waals surface area contributed by atoms with E-state index in [9.17, 15) is 20.0 Å². The number of nitro groups is 1. The molecule has 1 fully saturated rings. The van der Waals surface area contributed by atoms with Crippen molar-refractivity contribution < 1.29 is 14.8 Å². The van der Waals surface area contributed by atoms with Crippen molar-refractivity contribution in [3.63, 3.8) is 0 Å². The third-order valence-electron chi connectivity index (χ3n) is 3.29. The van der Waals surface area contributed by atoms with Gasteiger partial charge in [-0.25, -0.2) is 0 Å². The van der Waals surface area contributed by atoms with Crippen LogP contribution in [0, 0.1) is 10.1 Å². The normalized spacial score (nSPS) is 19.2. The molecule has 21 heavy (non-hydrogen) atoms. The summed E-state index contributed by atoms with van der Waals surface area (Å²) in [5, 5.41) is 22.9. The molecule has 0 spiro atoms. The molecule has 8 heteroatoms. The number of aliphatic hydroxyl groups is 1. The molecule has 1 amide bonds. The Kier molecular flexibility index (Phi) is 5.11. The summed E-state index contributed by atoms with van der Waals surface area (Å²) < 4.78 is 0. The average Bonchev–Trinajstić information content (AvgIpc) is 2.40. The fourth-order valence-electron chi connectivity index (χ4n) is 2.29. The molecule has 0 aliphatic carbocycles. The molecular weight excluding hydrogens is 298 g/mol. The molecule has 1 unspecified atom stereocenters. The maximum Gasteiger partial charge on any atom is 0.271 e. The molecule has 0 saturated carbocycles. The second-order valence-electron chi connectivity index (χ2n) is 5.00. The van der Waals surface area contributed by atoms with E-state index in [1.54, 1.807) is 0 Å². The van der Waals surface area contributed by atoms with E-state index in [4.69, 9.17) is 11.6 Å². The number of aliphatic hydroxyl groups excluding tert-OH is 1. The number of amides is 1. The van der Waals surface area contributed by atoms with Gasteiger partial charge >= 0.3 is 0 Å². The molecule has 0 radical (unpaired) electrons. The van der Waals surface area contributed by atoms with Crippen molar-refractivity contribution in [1.82, 2.24) is 4.90 Å². The van der Waals surface area contributed by atoms with Gasteiger partial charge < -0.3 is 10.4 Å². The molecule has 2 N–H and O–H groups in total. The predicted octanol–water partition coefficient (Wildman–Crippen LogP) is 1.64. The number of anilines is 1. The van der Waals surface area contributed by atoms with Crippen LogP contribution < -0.4 is 5.32 Å². The van der Waals surface area contributed by atoms with E-state index in [0.717, 1.165) is 19.4 Å². The molecule has 1 aromatic rings. The Balaban J connectivity index is 1.94. The zero-order valence-electron chi connectivity index (χ0n) is 11.3. The Hall–Kier alpha value is -1.70. The minimum absolute atomic E-state index is 0.122. The summed E-state index contributed by atoms with van der Waals surface area (Å²) in [5.74, 6) is -0.264. The summed E-state index contributed by atoms with van der Waals surface area (Å²) in [6.07, 6.45) is 1.22. The highest BCUT2D eigenvalue weighted by atomic mass is 35.5. The van der Waals surface area contributed by atoms with Gasteiger partial charge in [0.25, 0.3) is 5.69 Å². The number of benzene rings is 1. The smallest absolute Gasteiger partial charge is 0.271 e. The number of non-ortho nitro benzene ring substituents is 1. The van der Waals surface area contributed by atoms with Crippen LogP contribution in [0.3, 0.4) is 0 Å². The summed E-state index contributed by atoms with van der Waals surface area (Å²) in [5.41, 5.74) is 0.210. The standard InChI is InChI=1S/C13H16ClN3O4/c14-11-6-9(17(20)21)3-4-12(11)15-13(19)8-16-5-1-2-10(18)7-16/h3-4,6,10,18H,1-2,5,7-8H2,(H,15,19). The molecular formula is C13H16ClN3O4. The summed E-state index contributed by atoms with van der Waals surface area (Å²) in [7, 11) is 0. The number of piperidine rings is 1. The number of nitrogens with one attached hydrogen (secondary N) is 1. The number of β-amino-alcohol motifs (C(OH)–C–C–N with tert-alkyl or cyclic N) is 1. The molecule has 114 valence electrons. The van der Waals surface area contributed by atoms with Crippen LogP contribution in [-0.4, -0.2) is 46.6 Å². The number of nitro benzene ring substituents is 1.